The highest BCUT2D eigenvalue weighted by Gasteiger charge is 2.57. The topological polar surface area (TPSA) is 81.8 Å². The van der Waals surface area contributed by atoms with Gasteiger partial charge in [0.2, 0.25) is 0 Å². The van der Waals surface area contributed by atoms with Crippen LogP contribution in [0.1, 0.15) is 53.4 Å². The largest absolute Gasteiger partial charge is 0.338 e. The van der Waals surface area contributed by atoms with Gasteiger partial charge in [-0.2, -0.15) is 0 Å². The fraction of sp³-hybridized carbons (Fsp3) is 0.842. The first-order valence-electron chi connectivity index (χ1n) is 9.86. The van der Waals surface area contributed by atoms with Crippen molar-refractivity contribution in [2.75, 3.05) is 39.3 Å². The number of hydrogen-bond donors (Lipinski definition) is 2. The molecule has 2 fully saturated rings. The molecule has 0 aromatic heterocycles. The lowest BCUT2D eigenvalue weighted by atomic mass is 9.64. The van der Waals surface area contributed by atoms with Crippen molar-refractivity contribution in [3.63, 3.8) is 0 Å². The van der Waals surface area contributed by atoms with Gasteiger partial charge in [0.1, 0.15) is 0 Å². The predicted molar refractivity (Wildman–Crippen MR) is 101 cm³/mol. The molecule has 0 aromatic carbocycles. The number of fused-ring (bicyclic) bond motifs is 2. The molecule has 4 amide bonds. The summed E-state index contributed by atoms with van der Waals surface area (Å²) in [6.45, 7) is 10.7. The van der Waals surface area contributed by atoms with E-state index >= 15 is 0 Å². The van der Waals surface area contributed by atoms with Gasteiger partial charge in [-0.1, -0.05) is 26.7 Å². The van der Waals surface area contributed by atoms with Gasteiger partial charge in [0, 0.05) is 39.3 Å². The van der Waals surface area contributed by atoms with Crippen molar-refractivity contribution in [3.05, 3.63) is 0 Å². The third-order valence-corrected chi connectivity index (χ3v) is 5.44. The van der Waals surface area contributed by atoms with Crippen LogP contribution in [0.25, 0.3) is 0 Å². The first kappa shape index (κ1) is 20.5. The average Bonchev–Trinajstić information content (AvgIpc) is 2.57. The van der Waals surface area contributed by atoms with Crippen molar-refractivity contribution in [2.45, 2.75) is 53.4 Å². The molecule has 2 rings (SSSR count). The van der Waals surface area contributed by atoms with Crippen LogP contribution in [0.3, 0.4) is 0 Å². The van der Waals surface area contributed by atoms with Gasteiger partial charge in [-0.05, 0) is 26.7 Å². The second kappa shape index (κ2) is 8.27. The standard InChI is InChI=1S/C19H34N4O3/c1-5-7-9-20-16(25)22-11-18(3)13-23(17(26)21-10-8-6-2)14-19(4,12-22)15(18)24/h5-14H2,1-4H3,(H,20,25)(H,21,26). The van der Waals surface area contributed by atoms with E-state index in [9.17, 15) is 14.4 Å². The monoisotopic (exact) mass is 366 g/mol. The molecule has 2 aliphatic rings. The van der Waals surface area contributed by atoms with Gasteiger partial charge in [-0.15, -0.1) is 0 Å². The average molecular weight is 367 g/mol. The van der Waals surface area contributed by atoms with Gasteiger partial charge in [-0.3, -0.25) is 4.79 Å². The Balaban J connectivity index is 2.06. The smallest absolute Gasteiger partial charge is 0.317 e. The number of carbonyl (C=O) groups is 3. The molecule has 0 aliphatic carbocycles. The maximum atomic E-state index is 13.0. The molecule has 7 heteroatoms. The highest BCUT2D eigenvalue weighted by atomic mass is 16.2. The molecule has 0 saturated carbocycles. The lowest BCUT2D eigenvalue weighted by Gasteiger charge is -2.54. The first-order valence-corrected chi connectivity index (χ1v) is 9.86. The number of Topliss-reactive ketones (excluding diaryl/α,β-unsaturated/α-hetero) is 1. The summed E-state index contributed by atoms with van der Waals surface area (Å²) in [4.78, 5) is 41.5. The fourth-order valence-corrected chi connectivity index (χ4v) is 4.17. The van der Waals surface area contributed by atoms with Crippen molar-refractivity contribution < 1.29 is 14.4 Å². The summed E-state index contributed by atoms with van der Waals surface area (Å²) in [6, 6.07) is -0.214. The molecule has 2 aliphatic heterocycles. The van der Waals surface area contributed by atoms with Crippen molar-refractivity contribution in [2.24, 2.45) is 10.8 Å². The summed E-state index contributed by atoms with van der Waals surface area (Å²) in [5.41, 5.74) is -1.43. The van der Waals surface area contributed by atoms with Crippen molar-refractivity contribution in [3.8, 4) is 0 Å². The summed E-state index contributed by atoms with van der Waals surface area (Å²) >= 11 is 0. The number of piperidine rings is 2. The number of ketones is 1. The van der Waals surface area contributed by atoms with E-state index in [1.54, 1.807) is 9.80 Å². The van der Waals surface area contributed by atoms with Crippen molar-refractivity contribution >= 4 is 17.8 Å². The first-order chi connectivity index (χ1) is 12.3. The zero-order valence-corrected chi connectivity index (χ0v) is 16.7. The molecule has 0 atom stereocenters. The second-order valence-corrected chi connectivity index (χ2v) is 8.33. The van der Waals surface area contributed by atoms with Crippen LogP contribution in [-0.4, -0.2) is 66.9 Å². The van der Waals surface area contributed by atoms with E-state index < -0.39 is 10.8 Å². The number of carbonyl (C=O) groups excluding carboxylic acids is 3. The van der Waals surface area contributed by atoms with Crippen LogP contribution in [0.4, 0.5) is 9.59 Å². The Bertz CT molecular complexity index is 491. The maximum absolute atomic E-state index is 13.0. The normalized spacial score (nSPS) is 28.1. The van der Waals surface area contributed by atoms with Crippen LogP contribution in [0.15, 0.2) is 0 Å². The van der Waals surface area contributed by atoms with Gasteiger partial charge >= 0.3 is 12.1 Å². The fourth-order valence-electron chi connectivity index (χ4n) is 4.17. The van der Waals surface area contributed by atoms with E-state index in [0.717, 1.165) is 25.7 Å². The quantitative estimate of drug-likeness (QED) is 0.707. The lowest BCUT2D eigenvalue weighted by Crippen LogP contribution is -2.70. The molecular weight excluding hydrogens is 332 g/mol. The molecule has 148 valence electrons. The van der Waals surface area contributed by atoms with E-state index in [4.69, 9.17) is 0 Å². The molecule has 7 nitrogen and oxygen atoms in total. The van der Waals surface area contributed by atoms with Crippen LogP contribution in [-0.2, 0) is 4.79 Å². The highest BCUT2D eigenvalue weighted by molar-refractivity contribution is 5.95. The zero-order chi connectivity index (χ0) is 19.4. The predicted octanol–water partition coefficient (Wildman–Crippen LogP) is 2.22. The Morgan fingerprint density at radius 2 is 1.19 bits per heavy atom. The van der Waals surface area contributed by atoms with E-state index in [1.807, 2.05) is 13.8 Å². The van der Waals surface area contributed by atoms with Crippen molar-refractivity contribution in [1.82, 2.24) is 20.4 Å². The molecule has 2 N–H and O–H groups in total. The van der Waals surface area contributed by atoms with Crippen LogP contribution in [0.5, 0.6) is 0 Å². The van der Waals surface area contributed by atoms with Gasteiger partial charge in [0.15, 0.2) is 5.78 Å². The Morgan fingerprint density at radius 3 is 1.50 bits per heavy atom. The van der Waals surface area contributed by atoms with E-state index in [0.29, 0.717) is 39.3 Å². The Morgan fingerprint density at radius 1 is 0.846 bits per heavy atom. The summed E-state index contributed by atoms with van der Waals surface area (Å²) in [5.74, 6) is 0.167. The van der Waals surface area contributed by atoms with Gasteiger partial charge in [0.25, 0.3) is 0 Å². The second-order valence-electron chi connectivity index (χ2n) is 8.33. The third-order valence-electron chi connectivity index (χ3n) is 5.44. The Labute approximate surface area is 156 Å². The number of likely N-dealkylation sites (tertiary alicyclic amines) is 2. The van der Waals surface area contributed by atoms with Gasteiger partial charge in [-0.25, -0.2) is 9.59 Å². The van der Waals surface area contributed by atoms with E-state index in [-0.39, 0.29) is 17.8 Å². The summed E-state index contributed by atoms with van der Waals surface area (Å²) in [7, 11) is 0. The minimum absolute atomic E-state index is 0.107. The van der Waals surface area contributed by atoms with Crippen molar-refractivity contribution in [1.29, 1.82) is 0 Å². The molecule has 0 unspecified atom stereocenters. The highest BCUT2D eigenvalue weighted by Crippen LogP contribution is 2.42. The lowest BCUT2D eigenvalue weighted by molar-refractivity contribution is -0.152. The summed E-state index contributed by atoms with van der Waals surface area (Å²) < 4.78 is 0. The molecule has 2 saturated heterocycles. The third kappa shape index (κ3) is 4.30. The summed E-state index contributed by atoms with van der Waals surface area (Å²) in [6.07, 6.45) is 3.93. The number of urea groups is 2. The van der Waals surface area contributed by atoms with E-state index in [2.05, 4.69) is 24.5 Å². The minimum atomic E-state index is -0.713. The molecule has 0 aromatic rings. The molecule has 0 radical (unpaired) electrons. The van der Waals surface area contributed by atoms with Crippen LogP contribution in [0.2, 0.25) is 0 Å². The number of rotatable bonds is 6. The zero-order valence-electron chi connectivity index (χ0n) is 16.7. The summed E-state index contributed by atoms with van der Waals surface area (Å²) in [5, 5.41) is 5.89. The number of nitrogens with one attached hydrogen (secondary N) is 2. The SMILES string of the molecule is CCCCNC(=O)N1CC2(C)CN(C(=O)NCCCC)CC(C)(C1)C2=O. The molecule has 0 spiro atoms. The maximum Gasteiger partial charge on any atom is 0.317 e. The number of nitrogens with zero attached hydrogens (tertiary/aromatic N) is 2. The van der Waals surface area contributed by atoms with Crippen LogP contribution >= 0.6 is 0 Å². The van der Waals surface area contributed by atoms with Crippen LogP contribution < -0.4 is 10.6 Å². The molecule has 2 heterocycles. The van der Waals surface area contributed by atoms with Gasteiger partial charge in [0.05, 0.1) is 10.8 Å². The van der Waals surface area contributed by atoms with E-state index in [1.165, 1.54) is 0 Å². The number of hydrogen-bond acceptors (Lipinski definition) is 3. The number of unbranched alkanes of at least 4 members (excludes halogenated alkanes) is 2. The molecule has 26 heavy (non-hydrogen) atoms. The molecule has 2 bridgehead atoms. The number of amides is 4. The van der Waals surface area contributed by atoms with Gasteiger partial charge < -0.3 is 20.4 Å². The van der Waals surface area contributed by atoms with Crippen LogP contribution in [0, 0.1) is 10.8 Å². The Kier molecular flexibility index (Phi) is 6.53. The minimum Gasteiger partial charge on any atom is -0.338 e. The molecular formula is C19H34N4O3. The Hall–Kier alpha value is -1.79.